The molecular weight excluding hydrogens is 356 g/mol. The second kappa shape index (κ2) is 7.02. The molecule has 0 amide bonds. The highest BCUT2D eigenvalue weighted by atomic mass is 79.9. The molecule has 0 saturated carbocycles. The van der Waals surface area contributed by atoms with Gasteiger partial charge in [-0.25, -0.2) is 0 Å². The first kappa shape index (κ1) is 15.9. The summed E-state index contributed by atoms with van der Waals surface area (Å²) >= 11 is 9.60. The molecule has 0 aliphatic heterocycles. The van der Waals surface area contributed by atoms with Crippen LogP contribution >= 0.6 is 27.5 Å². The Morgan fingerprint density at radius 3 is 2.71 bits per heavy atom. The van der Waals surface area contributed by atoms with Gasteiger partial charge in [-0.05, 0) is 30.2 Å². The van der Waals surface area contributed by atoms with E-state index >= 15 is 0 Å². The minimum atomic E-state index is -0.420. The monoisotopic (exact) mass is 368 g/mol. The van der Waals surface area contributed by atoms with Crippen LogP contribution in [0.5, 0.6) is 0 Å². The van der Waals surface area contributed by atoms with E-state index in [1.165, 1.54) is 12.1 Å². The summed E-state index contributed by atoms with van der Waals surface area (Å²) in [6.45, 7) is 2.49. The number of nitrogens with zero attached hydrogens (tertiary/aromatic N) is 1. The molecule has 2 rings (SSSR count). The zero-order chi connectivity index (χ0) is 15.4. The Morgan fingerprint density at radius 2 is 2.05 bits per heavy atom. The minimum absolute atomic E-state index is 0.0461. The van der Waals surface area contributed by atoms with Crippen molar-refractivity contribution in [3.8, 4) is 0 Å². The highest BCUT2D eigenvalue weighted by molar-refractivity contribution is 9.10. The zero-order valence-corrected chi connectivity index (χ0v) is 13.7. The van der Waals surface area contributed by atoms with Gasteiger partial charge >= 0.3 is 0 Å². The Hall–Kier alpha value is -1.43. The van der Waals surface area contributed by atoms with Crippen molar-refractivity contribution in [3.63, 3.8) is 0 Å². The third-order valence-electron chi connectivity index (χ3n) is 3.21. The van der Waals surface area contributed by atoms with E-state index < -0.39 is 4.92 Å². The van der Waals surface area contributed by atoms with Crippen LogP contribution in [0.15, 0.2) is 46.9 Å². The molecule has 0 heterocycles. The molecule has 1 atom stereocenters. The number of nitrogens with one attached hydrogen (secondary N) is 1. The van der Waals surface area contributed by atoms with Gasteiger partial charge in [-0.2, -0.15) is 0 Å². The lowest BCUT2D eigenvalue weighted by molar-refractivity contribution is -0.384. The summed E-state index contributed by atoms with van der Waals surface area (Å²) in [5.74, 6) is 0. The van der Waals surface area contributed by atoms with Gasteiger partial charge in [0.15, 0.2) is 0 Å². The molecule has 2 aromatic rings. The van der Waals surface area contributed by atoms with Crippen LogP contribution in [0.3, 0.4) is 0 Å². The quantitative estimate of drug-likeness (QED) is 0.605. The van der Waals surface area contributed by atoms with Crippen molar-refractivity contribution in [1.29, 1.82) is 0 Å². The maximum absolute atomic E-state index is 10.8. The van der Waals surface area contributed by atoms with Crippen molar-refractivity contribution in [2.45, 2.75) is 19.5 Å². The van der Waals surface area contributed by atoms with Crippen molar-refractivity contribution in [3.05, 3.63) is 73.2 Å². The zero-order valence-electron chi connectivity index (χ0n) is 11.3. The largest absolute Gasteiger partial charge is 0.306 e. The summed E-state index contributed by atoms with van der Waals surface area (Å²) in [6.07, 6.45) is 0. The average Bonchev–Trinajstić information content (AvgIpc) is 2.46. The second-order valence-corrected chi connectivity index (χ2v) is 5.92. The maximum Gasteiger partial charge on any atom is 0.269 e. The van der Waals surface area contributed by atoms with Crippen LogP contribution in [0.1, 0.15) is 24.1 Å². The van der Waals surface area contributed by atoms with Crippen molar-refractivity contribution in [1.82, 2.24) is 5.32 Å². The van der Waals surface area contributed by atoms with Crippen LogP contribution in [0.2, 0.25) is 5.02 Å². The third kappa shape index (κ3) is 4.03. The molecule has 6 heteroatoms. The molecule has 1 unspecified atom stereocenters. The van der Waals surface area contributed by atoms with E-state index in [4.69, 9.17) is 11.6 Å². The summed E-state index contributed by atoms with van der Waals surface area (Å²) in [7, 11) is 0. The van der Waals surface area contributed by atoms with Gasteiger partial charge in [-0.15, -0.1) is 0 Å². The molecule has 0 radical (unpaired) electrons. The summed E-state index contributed by atoms with van der Waals surface area (Å²) < 4.78 is 1.02. The molecule has 0 bridgehead atoms. The lowest BCUT2D eigenvalue weighted by atomic mass is 10.1. The van der Waals surface area contributed by atoms with Gasteiger partial charge in [0, 0.05) is 34.2 Å². The average molecular weight is 370 g/mol. The van der Waals surface area contributed by atoms with Crippen LogP contribution in [0, 0.1) is 10.1 Å². The number of nitro benzene ring substituents is 1. The Morgan fingerprint density at radius 1 is 1.33 bits per heavy atom. The predicted octanol–water partition coefficient (Wildman–Crippen LogP) is 4.86. The second-order valence-electron chi connectivity index (χ2n) is 4.66. The topological polar surface area (TPSA) is 55.2 Å². The van der Waals surface area contributed by atoms with E-state index in [-0.39, 0.29) is 11.7 Å². The van der Waals surface area contributed by atoms with E-state index in [0.717, 1.165) is 10.0 Å². The van der Waals surface area contributed by atoms with Crippen molar-refractivity contribution >= 4 is 33.2 Å². The van der Waals surface area contributed by atoms with Gasteiger partial charge in [-0.3, -0.25) is 10.1 Å². The third-order valence-corrected chi connectivity index (χ3v) is 4.30. The number of rotatable bonds is 5. The summed E-state index contributed by atoms with van der Waals surface area (Å²) in [5, 5.41) is 14.7. The van der Waals surface area contributed by atoms with Crippen LogP contribution in [0.25, 0.3) is 0 Å². The van der Waals surface area contributed by atoms with E-state index in [0.29, 0.717) is 17.1 Å². The lowest BCUT2D eigenvalue weighted by Crippen LogP contribution is -2.18. The molecule has 0 saturated heterocycles. The molecule has 0 aliphatic carbocycles. The Kier molecular flexibility index (Phi) is 5.33. The first-order valence-electron chi connectivity index (χ1n) is 6.39. The molecule has 110 valence electrons. The molecule has 0 aromatic heterocycles. The van der Waals surface area contributed by atoms with Gasteiger partial charge < -0.3 is 5.32 Å². The molecule has 0 spiro atoms. The SMILES string of the molecule is CC(NCc1cc([N+](=O)[O-])ccc1Cl)c1ccccc1Br. The van der Waals surface area contributed by atoms with Crippen molar-refractivity contribution in [2.24, 2.45) is 0 Å². The van der Waals surface area contributed by atoms with E-state index in [2.05, 4.69) is 21.2 Å². The highest BCUT2D eigenvalue weighted by Gasteiger charge is 2.12. The lowest BCUT2D eigenvalue weighted by Gasteiger charge is -2.16. The summed E-state index contributed by atoms with van der Waals surface area (Å²) in [4.78, 5) is 10.4. The van der Waals surface area contributed by atoms with E-state index in [9.17, 15) is 10.1 Å². The number of hydrogen-bond acceptors (Lipinski definition) is 3. The molecule has 2 aromatic carbocycles. The highest BCUT2D eigenvalue weighted by Crippen LogP contribution is 2.25. The normalized spacial score (nSPS) is 12.1. The number of non-ortho nitro benzene ring substituents is 1. The number of benzene rings is 2. The molecule has 4 nitrogen and oxygen atoms in total. The van der Waals surface area contributed by atoms with Crippen LogP contribution < -0.4 is 5.32 Å². The number of nitro groups is 1. The standard InChI is InChI=1S/C15H14BrClN2O2/c1-10(13-4-2-3-5-14(13)16)18-9-11-8-12(19(20)21)6-7-15(11)17/h2-8,10,18H,9H2,1H3. The first-order chi connectivity index (χ1) is 9.99. The Bertz CT molecular complexity index is 664. The first-order valence-corrected chi connectivity index (χ1v) is 7.56. The summed E-state index contributed by atoms with van der Waals surface area (Å²) in [5.41, 5.74) is 1.88. The molecule has 21 heavy (non-hydrogen) atoms. The smallest absolute Gasteiger partial charge is 0.269 e. The van der Waals surface area contributed by atoms with Crippen molar-refractivity contribution in [2.75, 3.05) is 0 Å². The molecule has 0 fully saturated rings. The predicted molar refractivity (Wildman–Crippen MR) is 87.5 cm³/mol. The number of halogens is 2. The Balaban J connectivity index is 2.11. The van der Waals surface area contributed by atoms with Crippen molar-refractivity contribution < 1.29 is 4.92 Å². The van der Waals surface area contributed by atoms with Gasteiger partial charge in [0.05, 0.1) is 4.92 Å². The molecule has 1 N–H and O–H groups in total. The van der Waals surface area contributed by atoms with Crippen LogP contribution in [-0.4, -0.2) is 4.92 Å². The minimum Gasteiger partial charge on any atom is -0.306 e. The fourth-order valence-corrected chi connectivity index (χ4v) is 2.82. The molecular formula is C15H14BrClN2O2. The van der Waals surface area contributed by atoms with Crippen LogP contribution in [0.4, 0.5) is 5.69 Å². The Labute approximate surface area is 136 Å². The number of hydrogen-bond donors (Lipinski definition) is 1. The fourth-order valence-electron chi connectivity index (χ4n) is 2.01. The molecule has 0 aliphatic rings. The summed E-state index contributed by atoms with van der Waals surface area (Å²) in [6, 6.07) is 12.5. The van der Waals surface area contributed by atoms with Gasteiger partial charge in [-0.1, -0.05) is 45.7 Å². The fraction of sp³-hybridized carbons (Fsp3) is 0.200. The van der Waals surface area contributed by atoms with Gasteiger partial charge in [0.2, 0.25) is 0 Å². The van der Waals surface area contributed by atoms with Gasteiger partial charge in [0.1, 0.15) is 0 Å². The van der Waals surface area contributed by atoms with Crippen LogP contribution in [-0.2, 0) is 6.54 Å². The van der Waals surface area contributed by atoms with E-state index in [1.807, 2.05) is 31.2 Å². The van der Waals surface area contributed by atoms with Gasteiger partial charge in [0.25, 0.3) is 5.69 Å². The maximum atomic E-state index is 10.8. The van der Waals surface area contributed by atoms with E-state index in [1.54, 1.807) is 6.07 Å².